The molecule has 0 aliphatic carbocycles. The minimum Gasteiger partial charge on any atom is -0.338 e. The van der Waals surface area contributed by atoms with Crippen LogP contribution >= 0.6 is 0 Å². The number of aryl methyl sites for hydroxylation is 1. The second kappa shape index (κ2) is 7.66. The summed E-state index contributed by atoms with van der Waals surface area (Å²) in [7, 11) is 0. The van der Waals surface area contributed by atoms with E-state index in [9.17, 15) is 4.79 Å². The highest BCUT2D eigenvalue weighted by molar-refractivity contribution is 5.94. The lowest BCUT2D eigenvalue weighted by Crippen LogP contribution is -2.39. The predicted octanol–water partition coefficient (Wildman–Crippen LogP) is 3.87. The molecule has 136 valence electrons. The van der Waals surface area contributed by atoms with Crippen molar-refractivity contribution in [1.29, 1.82) is 0 Å². The van der Waals surface area contributed by atoms with E-state index in [0.29, 0.717) is 12.1 Å². The van der Waals surface area contributed by atoms with Gasteiger partial charge in [0.2, 0.25) is 0 Å². The van der Waals surface area contributed by atoms with Crippen LogP contribution in [0.4, 0.5) is 0 Å². The van der Waals surface area contributed by atoms with E-state index in [1.54, 1.807) is 36.9 Å². The summed E-state index contributed by atoms with van der Waals surface area (Å²) < 4.78 is 0. The Morgan fingerprint density at radius 3 is 2.70 bits per heavy atom. The van der Waals surface area contributed by atoms with Crippen LogP contribution < -0.4 is 0 Å². The molecule has 0 saturated carbocycles. The first-order valence-corrected chi connectivity index (χ1v) is 9.29. The number of carbonyl (C=O) groups is 1. The fourth-order valence-corrected chi connectivity index (χ4v) is 3.72. The van der Waals surface area contributed by atoms with Crippen molar-refractivity contribution in [2.45, 2.75) is 25.7 Å². The number of likely N-dealkylation sites (tertiary alicyclic amines) is 1. The molecule has 1 amide bonds. The van der Waals surface area contributed by atoms with Gasteiger partial charge in [0.1, 0.15) is 0 Å². The third kappa shape index (κ3) is 3.72. The molecule has 0 bridgehead atoms. The first-order chi connectivity index (χ1) is 13.2. The maximum atomic E-state index is 12.8. The number of benzene rings is 1. The van der Waals surface area contributed by atoms with E-state index in [-0.39, 0.29) is 11.8 Å². The van der Waals surface area contributed by atoms with E-state index in [1.165, 1.54) is 5.56 Å². The fourth-order valence-electron chi connectivity index (χ4n) is 3.72. The van der Waals surface area contributed by atoms with Crippen LogP contribution in [0.15, 0.2) is 61.2 Å². The number of aromatic nitrogens is 3. The summed E-state index contributed by atoms with van der Waals surface area (Å²) in [6.07, 6.45) is 8.78. The third-order valence-corrected chi connectivity index (χ3v) is 5.04. The van der Waals surface area contributed by atoms with E-state index < -0.39 is 0 Å². The van der Waals surface area contributed by atoms with Crippen LogP contribution in [-0.2, 0) is 0 Å². The molecule has 1 atom stereocenters. The van der Waals surface area contributed by atoms with Gasteiger partial charge in [-0.05, 0) is 38.0 Å². The second-order valence-corrected chi connectivity index (χ2v) is 6.99. The molecular formula is C22H22N4O. The highest BCUT2D eigenvalue weighted by atomic mass is 16.2. The van der Waals surface area contributed by atoms with Crippen LogP contribution in [-0.4, -0.2) is 38.8 Å². The molecule has 1 aromatic carbocycles. The zero-order valence-electron chi connectivity index (χ0n) is 15.4. The maximum Gasteiger partial charge on any atom is 0.253 e. The lowest BCUT2D eigenvalue weighted by Gasteiger charge is -2.33. The van der Waals surface area contributed by atoms with Crippen LogP contribution in [0.5, 0.6) is 0 Å². The van der Waals surface area contributed by atoms with Crippen molar-refractivity contribution in [2.75, 3.05) is 13.1 Å². The van der Waals surface area contributed by atoms with Crippen LogP contribution in [0.3, 0.4) is 0 Å². The van der Waals surface area contributed by atoms with E-state index in [4.69, 9.17) is 0 Å². The molecule has 1 aliphatic heterocycles. The lowest BCUT2D eigenvalue weighted by molar-refractivity contribution is 0.0706. The molecule has 27 heavy (non-hydrogen) atoms. The zero-order valence-corrected chi connectivity index (χ0v) is 15.4. The van der Waals surface area contributed by atoms with Crippen LogP contribution in [0.25, 0.3) is 11.3 Å². The molecule has 1 saturated heterocycles. The Kier molecular flexibility index (Phi) is 4.92. The summed E-state index contributed by atoms with van der Waals surface area (Å²) in [5, 5.41) is 0. The molecule has 0 spiro atoms. The first-order valence-electron chi connectivity index (χ1n) is 9.29. The summed E-state index contributed by atoms with van der Waals surface area (Å²) in [5.41, 5.74) is 4.86. The quantitative estimate of drug-likeness (QED) is 0.713. The fraction of sp³-hybridized carbons (Fsp3) is 0.273. The van der Waals surface area contributed by atoms with Crippen molar-refractivity contribution >= 4 is 5.91 Å². The van der Waals surface area contributed by atoms with E-state index in [2.05, 4.69) is 40.1 Å². The summed E-state index contributed by atoms with van der Waals surface area (Å²) in [6, 6.07) is 11.9. The average Bonchev–Trinajstić information content (AvgIpc) is 2.74. The number of amides is 1. The maximum absolute atomic E-state index is 12.8. The van der Waals surface area contributed by atoms with Gasteiger partial charge in [-0.15, -0.1) is 0 Å². The molecule has 1 aliphatic rings. The normalized spacial score (nSPS) is 16.9. The van der Waals surface area contributed by atoms with Crippen molar-refractivity contribution in [3.05, 3.63) is 78.0 Å². The average molecular weight is 358 g/mol. The Bertz CT molecular complexity index is 942. The SMILES string of the molecule is Cc1cccc(-c2nccnc2[C@@H]2CCCN(C(=O)c3ccncc3)C2)c1. The molecule has 5 heteroatoms. The summed E-state index contributed by atoms with van der Waals surface area (Å²) in [5.74, 6) is 0.247. The number of hydrogen-bond acceptors (Lipinski definition) is 4. The third-order valence-electron chi connectivity index (χ3n) is 5.04. The molecule has 0 unspecified atom stereocenters. The van der Waals surface area contributed by atoms with Gasteiger partial charge < -0.3 is 4.90 Å². The predicted molar refractivity (Wildman–Crippen MR) is 104 cm³/mol. The van der Waals surface area contributed by atoms with Gasteiger partial charge in [0, 0.05) is 54.9 Å². The van der Waals surface area contributed by atoms with Gasteiger partial charge in [-0.3, -0.25) is 19.7 Å². The molecule has 0 N–H and O–H groups in total. The van der Waals surface area contributed by atoms with Crippen LogP contribution in [0.2, 0.25) is 0 Å². The van der Waals surface area contributed by atoms with Crippen molar-refractivity contribution in [1.82, 2.24) is 19.9 Å². The Morgan fingerprint density at radius 2 is 1.89 bits per heavy atom. The molecule has 3 aromatic rings. The molecule has 0 radical (unpaired) electrons. The van der Waals surface area contributed by atoms with E-state index in [1.807, 2.05) is 11.0 Å². The van der Waals surface area contributed by atoms with Crippen molar-refractivity contribution in [2.24, 2.45) is 0 Å². The topological polar surface area (TPSA) is 59.0 Å². The summed E-state index contributed by atoms with van der Waals surface area (Å²) in [4.78, 5) is 28.0. The molecular weight excluding hydrogens is 336 g/mol. The zero-order chi connectivity index (χ0) is 18.6. The van der Waals surface area contributed by atoms with E-state index >= 15 is 0 Å². The van der Waals surface area contributed by atoms with Crippen molar-refractivity contribution < 1.29 is 4.79 Å². The number of hydrogen-bond donors (Lipinski definition) is 0. The minimum absolute atomic E-state index is 0.0584. The highest BCUT2D eigenvalue weighted by Crippen LogP contribution is 2.32. The van der Waals surface area contributed by atoms with Gasteiger partial charge in [0.15, 0.2) is 0 Å². The first kappa shape index (κ1) is 17.3. The van der Waals surface area contributed by atoms with Gasteiger partial charge in [-0.2, -0.15) is 0 Å². The van der Waals surface area contributed by atoms with Gasteiger partial charge in [-0.25, -0.2) is 0 Å². The summed E-state index contributed by atoms with van der Waals surface area (Å²) in [6.45, 7) is 3.52. The number of piperidine rings is 1. The molecule has 1 fully saturated rings. The monoisotopic (exact) mass is 358 g/mol. The Morgan fingerprint density at radius 1 is 1.07 bits per heavy atom. The minimum atomic E-state index is 0.0584. The van der Waals surface area contributed by atoms with Crippen LogP contribution in [0, 0.1) is 6.92 Å². The number of nitrogens with zero attached hydrogens (tertiary/aromatic N) is 4. The van der Waals surface area contributed by atoms with Gasteiger partial charge in [-0.1, -0.05) is 23.8 Å². The lowest BCUT2D eigenvalue weighted by atomic mass is 9.91. The Hall–Kier alpha value is -3.08. The summed E-state index contributed by atoms with van der Waals surface area (Å²) >= 11 is 0. The second-order valence-electron chi connectivity index (χ2n) is 6.99. The van der Waals surface area contributed by atoms with Gasteiger partial charge >= 0.3 is 0 Å². The smallest absolute Gasteiger partial charge is 0.253 e. The van der Waals surface area contributed by atoms with Crippen molar-refractivity contribution in [3.63, 3.8) is 0 Å². The van der Waals surface area contributed by atoms with Crippen molar-refractivity contribution in [3.8, 4) is 11.3 Å². The number of pyridine rings is 1. The molecule has 4 rings (SSSR count). The highest BCUT2D eigenvalue weighted by Gasteiger charge is 2.28. The molecule has 2 aromatic heterocycles. The Labute approximate surface area is 159 Å². The van der Waals surface area contributed by atoms with Crippen LogP contribution in [0.1, 0.15) is 40.4 Å². The standard InChI is InChI=1S/C22H22N4O/c1-16-4-2-5-18(14-16)20-21(25-12-11-24-20)19-6-3-13-26(15-19)22(27)17-7-9-23-10-8-17/h2,4-5,7-12,14,19H,3,6,13,15H2,1H3/t19-/m1/s1. The Balaban J connectivity index is 1.62. The molecule has 3 heterocycles. The van der Waals surface area contributed by atoms with E-state index in [0.717, 1.165) is 36.3 Å². The number of rotatable bonds is 3. The number of carbonyl (C=O) groups excluding carboxylic acids is 1. The van der Waals surface area contributed by atoms with Gasteiger partial charge in [0.25, 0.3) is 5.91 Å². The molecule has 5 nitrogen and oxygen atoms in total. The van der Waals surface area contributed by atoms with Gasteiger partial charge in [0.05, 0.1) is 11.4 Å². The largest absolute Gasteiger partial charge is 0.338 e.